The molecular formula is C7H8N2O2. The Bertz CT molecular complexity index is 262. The molecule has 0 aromatic carbocycles. The molecule has 0 saturated carbocycles. The SMILES string of the molecule is CN(C=O)c1cccc[n+]1[O-]. The first kappa shape index (κ1) is 7.53. The number of anilines is 1. The zero-order valence-corrected chi connectivity index (χ0v) is 6.10. The Morgan fingerprint density at radius 1 is 1.64 bits per heavy atom. The van der Waals surface area contributed by atoms with Crippen molar-refractivity contribution >= 4 is 12.2 Å². The largest absolute Gasteiger partial charge is 0.711 e. The van der Waals surface area contributed by atoms with Crippen molar-refractivity contribution in [3.63, 3.8) is 0 Å². The van der Waals surface area contributed by atoms with Gasteiger partial charge in [-0.05, 0) is 6.07 Å². The van der Waals surface area contributed by atoms with Gasteiger partial charge in [0.15, 0.2) is 0 Å². The molecule has 1 aromatic heterocycles. The zero-order chi connectivity index (χ0) is 8.27. The third-order valence-corrected chi connectivity index (χ3v) is 1.32. The minimum Gasteiger partial charge on any atom is -0.711 e. The molecule has 4 nitrogen and oxygen atoms in total. The van der Waals surface area contributed by atoms with Crippen molar-refractivity contribution < 1.29 is 9.52 Å². The number of carbonyl (C=O) groups excluding carboxylic acids is 1. The summed E-state index contributed by atoms with van der Waals surface area (Å²) in [4.78, 5) is 11.4. The van der Waals surface area contributed by atoms with E-state index in [1.165, 1.54) is 18.1 Å². The predicted octanol–water partition coefficient (Wildman–Crippen LogP) is -0.0874. The Morgan fingerprint density at radius 3 is 2.91 bits per heavy atom. The molecule has 0 atom stereocenters. The summed E-state index contributed by atoms with van der Waals surface area (Å²) in [7, 11) is 1.52. The van der Waals surface area contributed by atoms with Gasteiger partial charge in [-0.25, -0.2) is 9.63 Å². The molecule has 1 aromatic rings. The van der Waals surface area contributed by atoms with E-state index in [9.17, 15) is 10.0 Å². The normalized spacial score (nSPS) is 9.18. The van der Waals surface area contributed by atoms with Crippen molar-refractivity contribution in [3.8, 4) is 0 Å². The lowest BCUT2D eigenvalue weighted by atomic mass is 10.4. The molecule has 0 spiro atoms. The van der Waals surface area contributed by atoms with Crippen LogP contribution in [0.5, 0.6) is 0 Å². The topological polar surface area (TPSA) is 47.2 Å². The van der Waals surface area contributed by atoms with E-state index in [1.807, 2.05) is 0 Å². The first-order valence-electron chi connectivity index (χ1n) is 3.12. The van der Waals surface area contributed by atoms with Gasteiger partial charge in [-0.15, -0.1) is 0 Å². The molecule has 0 bridgehead atoms. The molecule has 0 aliphatic heterocycles. The van der Waals surface area contributed by atoms with Crippen molar-refractivity contribution in [2.75, 3.05) is 11.9 Å². The van der Waals surface area contributed by atoms with Gasteiger partial charge in [-0.1, -0.05) is 6.07 Å². The Kier molecular flexibility index (Phi) is 2.06. The van der Waals surface area contributed by atoms with E-state index in [4.69, 9.17) is 0 Å². The van der Waals surface area contributed by atoms with Gasteiger partial charge in [-0.3, -0.25) is 4.79 Å². The van der Waals surface area contributed by atoms with Crippen LogP contribution in [0.4, 0.5) is 5.82 Å². The fraction of sp³-hybridized carbons (Fsp3) is 0.143. The lowest BCUT2D eigenvalue weighted by Gasteiger charge is -2.09. The lowest BCUT2D eigenvalue weighted by molar-refractivity contribution is -0.591. The van der Waals surface area contributed by atoms with Crippen molar-refractivity contribution in [2.24, 2.45) is 0 Å². The molecule has 1 amide bonds. The average molecular weight is 152 g/mol. The highest BCUT2D eigenvalue weighted by molar-refractivity contribution is 5.70. The van der Waals surface area contributed by atoms with Crippen LogP contribution in [0.3, 0.4) is 0 Å². The molecular weight excluding hydrogens is 144 g/mol. The van der Waals surface area contributed by atoms with Crippen LogP contribution in [0.25, 0.3) is 0 Å². The number of rotatable bonds is 2. The first-order valence-corrected chi connectivity index (χ1v) is 3.12. The molecule has 1 heterocycles. The van der Waals surface area contributed by atoms with E-state index < -0.39 is 0 Å². The fourth-order valence-electron chi connectivity index (χ4n) is 0.746. The maximum absolute atomic E-state index is 10.9. The van der Waals surface area contributed by atoms with Crippen LogP contribution in [0.2, 0.25) is 0 Å². The second-order valence-corrected chi connectivity index (χ2v) is 2.10. The number of amides is 1. The van der Waals surface area contributed by atoms with Crippen LogP contribution in [-0.2, 0) is 4.79 Å². The van der Waals surface area contributed by atoms with Gasteiger partial charge in [-0.2, -0.15) is 0 Å². The van der Waals surface area contributed by atoms with Crippen LogP contribution in [-0.4, -0.2) is 13.5 Å². The summed E-state index contributed by atoms with van der Waals surface area (Å²) >= 11 is 0. The Morgan fingerprint density at radius 2 is 2.36 bits per heavy atom. The molecule has 1 rings (SSSR count). The molecule has 58 valence electrons. The van der Waals surface area contributed by atoms with Crippen LogP contribution in [0.15, 0.2) is 24.4 Å². The number of hydrogen-bond donors (Lipinski definition) is 0. The highest BCUT2D eigenvalue weighted by atomic mass is 16.5. The highest BCUT2D eigenvalue weighted by Crippen LogP contribution is 2.00. The van der Waals surface area contributed by atoms with Crippen LogP contribution in [0.1, 0.15) is 0 Å². The second kappa shape index (κ2) is 3.01. The molecule has 0 N–H and O–H groups in total. The molecule has 11 heavy (non-hydrogen) atoms. The van der Waals surface area contributed by atoms with Gasteiger partial charge < -0.3 is 5.21 Å². The van der Waals surface area contributed by atoms with Crippen molar-refractivity contribution in [3.05, 3.63) is 29.6 Å². The van der Waals surface area contributed by atoms with Gasteiger partial charge in [0.05, 0.1) is 13.2 Å². The van der Waals surface area contributed by atoms with Gasteiger partial charge in [0.2, 0.25) is 0 Å². The Balaban J connectivity index is 3.02. The summed E-state index contributed by atoms with van der Waals surface area (Å²) in [6, 6.07) is 4.88. The molecule has 0 saturated heterocycles. The molecule has 4 heteroatoms. The third-order valence-electron chi connectivity index (χ3n) is 1.32. The Labute approximate surface area is 64.3 Å². The van der Waals surface area contributed by atoms with Crippen LogP contribution < -0.4 is 9.63 Å². The number of hydrogen-bond acceptors (Lipinski definition) is 2. The number of pyridine rings is 1. The van der Waals surface area contributed by atoms with Gasteiger partial charge in [0.25, 0.3) is 12.2 Å². The smallest absolute Gasteiger partial charge is 0.297 e. The summed E-state index contributed by atoms with van der Waals surface area (Å²) in [6.45, 7) is 0. The first-order chi connectivity index (χ1) is 5.25. The molecule has 0 unspecified atom stereocenters. The maximum atomic E-state index is 10.9. The average Bonchev–Trinajstić information content (AvgIpc) is 2.04. The summed E-state index contributed by atoms with van der Waals surface area (Å²) in [5, 5.41) is 10.9. The summed E-state index contributed by atoms with van der Waals surface area (Å²) in [5.74, 6) is 0.322. The van der Waals surface area contributed by atoms with Crippen molar-refractivity contribution in [1.82, 2.24) is 0 Å². The predicted molar refractivity (Wildman–Crippen MR) is 39.9 cm³/mol. The van der Waals surface area contributed by atoms with Gasteiger partial charge in [0, 0.05) is 6.07 Å². The quantitative estimate of drug-likeness (QED) is 0.338. The van der Waals surface area contributed by atoms with Gasteiger partial charge >= 0.3 is 0 Å². The van der Waals surface area contributed by atoms with E-state index >= 15 is 0 Å². The standard InChI is InChI=1S/C7H8N2O2/c1-8(6-10)7-4-2-3-5-9(7)11/h2-6H,1H3. The minimum atomic E-state index is 0.322. The van der Waals surface area contributed by atoms with E-state index in [-0.39, 0.29) is 0 Å². The summed E-state index contributed by atoms with van der Waals surface area (Å²) < 4.78 is 0.633. The molecule has 0 radical (unpaired) electrons. The fourth-order valence-corrected chi connectivity index (χ4v) is 0.746. The van der Waals surface area contributed by atoms with E-state index in [0.717, 1.165) is 0 Å². The number of nitrogens with zero attached hydrogens (tertiary/aromatic N) is 2. The Hall–Kier alpha value is -1.58. The van der Waals surface area contributed by atoms with Crippen molar-refractivity contribution in [2.45, 2.75) is 0 Å². The van der Waals surface area contributed by atoms with E-state index in [1.54, 1.807) is 18.2 Å². The second-order valence-electron chi connectivity index (χ2n) is 2.10. The minimum absolute atomic E-state index is 0.322. The number of aromatic nitrogens is 1. The monoisotopic (exact) mass is 152 g/mol. The molecule has 0 aliphatic rings. The van der Waals surface area contributed by atoms with Crippen LogP contribution in [0, 0.1) is 5.21 Å². The summed E-state index contributed by atoms with van der Waals surface area (Å²) in [5.41, 5.74) is 0. The maximum Gasteiger partial charge on any atom is 0.297 e. The molecule has 0 fully saturated rings. The van der Waals surface area contributed by atoms with Crippen LogP contribution >= 0.6 is 0 Å². The number of carbonyl (C=O) groups is 1. The highest BCUT2D eigenvalue weighted by Gasteiger charge is 2.07. The van der Waals surface area contributed by atoms with E-state index in [2.05, 4.69) is 0 Å². The zero-order valence-electron chi connectivity index (χ0n) is 6.10. The lowest BCUT2D eigenvalue weighted by Crippen LogP contribution is -2.34. The molecule has 0 aliphatic carbocycles. The van der Waals surface area contributed by atoms with Crippen molar-refractivity contribution in [1.29, 1.82) is 0 Å². The van der Waals surface area contributed by atoms with Gasteiger partial charge in [0.1, 0.15) is 0 Å². The summed E-state index contributed by atoms with van der Waals surface area (Å²) in [6.07, 6.45) is 1.93. The third kappa shape index (κ3) is 1.46. The van der Waals surface area contributed by atoms with E-state index in [0.29, 0.717) is 17.0 Å².